The molecule has 0 bridgehead atoms. The summed E-state index contributed by atoms with van der Waals surface area (Å²) in [6.07, 6.45) is 0. The molecule has 1 aromatic carbocycles. The number of nitrogen functional groups attached to an aromatic ring is 1. The summed E-state index contributed by atoms with van der Waals surface area (Å²) in [5.41, 5.74) is 6.45. The molecule has 0 saturated heterocycles. The highest BCUT2D eigenvalue weighted by molar-refractivity contribution is 9.10. The standard InChI is InChI=1S/C12H16BrN3O2S/c1-3-15-12(18)16-11(17)7(2)19-10-5-4-8(13)6-9(10)14/h4-7H,3,14H2,1-2H3,(H2,15,16,17,18). The lowest BCUT2D eigenvalue weighted by Gasteiger charge is -2.13. The lowest BCUT2D eigenvalue weighted by molar-refractivity contribution is -0.119. The molecule has 1 aromatic rings. The normalized spacial score (nSPS) is 11.7. The Balaban J connectivity index is 2.61. The highest BCUT2D eigenvalue weighted by Crippen LogP contribution is 2.30. The van der Waals surface area contributed by atoms with Crippen molar-refractivity contribution in [2.45, 2.75) is 24.0 Å². The van der Waals surface area contributed by atoms with Gasteiger partial charge in [0.05, 0.1) is 5.25 Å². The highest BCUT2D eigenvalue weighted by atomic mass is 79.9. The minimum atomic E-state index is -0.483. The van der Waals surface area contributed by atoms with E-state index in [2.05, 4.69) is 26.6 Å². The van der Waals surface area contributed by atoms with Gasteiger partial charge in [-0.15, -0.1) is 11.8 Å². The number of anilines is 1. The summed E-state index contributed by atoms with van der Waals surface area (Å²) in [7, 11) is 0. The molecule has 0 fully saturated rings. The van der Waals surface area contributed by atoms with E-state index in [0.29, 0.717) is 12.2 Å². The van der Waals surface area contributed by atoms with E-state index < -0.39 is 11.3 Å². The molecule has 7 heteroatoms. The maximum atomic E-state index is 11.8. The topological polar surface area (TPSA) is 84.2 Å². The van der Waals surface area contributed by atoms with E-state index in [1.807, 2.05) is 12.1 Å². The Bertz CT molecular complexity index is 482. The predicted molar refractivity (Wildman–Crippen MR) is 81.1 cm³/mol. The van der Waals surface area contributed by atoms with E-state index in [-0.39, 0.29) is 5.91 Å². The van der Waals surface area contributed by atoms with Crippen molar-refractivity contribution in [1.29, 1.82) is 0 Å². The van der Waals surface area contributed by atoms with Crippen LogP contribution in [0.4, 0.5) is 10.5 Å². The first-order chi connectivity index (χ1) is 8.93. The summed E-state index contributed by atoms with van der Waals surface area (Å²) in [6.45, 7) is 3.98. The van der Waals surface area contributed by atoms with Gasteiger partial charge in [0.1, 0.15) is 0 Å². The van der Waals surface area contributed by atoms with Crippen LogP contribution in [0.3, 0.4) is 0 Å². The number of nitrogens with two attached hydrogens (primary N) is 1. The van der Waals surface area contributed by atoms with Crippen LogP contribution in [0.5, 0.6) is 0 Å². The SMILES string of the molecule is CCNC(=O)NC(=O)C(C)Sc1ccc(Br)cc1N. The third-order valence-corrected chi connectivity index (χ3v) is 3.91. The van der Waals surface area contributed by atoms with Crippen molar-refractivity contribution < 1.29 is 9.59 Å². The largest absolute Gasteiger partial charge is 0.398 e. The van der Waals surface area contributed by atoms with Gasteiger partial charge in [-0.3, -0.25) is 10.1 Å². The fourth-order valence-corrected chi connectivity index (χ4v) is 2.56. The maximum absolute atomic E-state index is 11.8. The number of thioether (sulfide) groups is 1. The van der Waals surface area contributed by atoms with Gasteiger partial charge in [0, 0.05) is 21.6 Å². The number of halogens is 1. The fourth-order valence-electron chi connectivity index (χ4n) is 1.29. The molecule has 1 rings (SSSR count). The Morgan fingerprint density at radius 2 is 2.16 bits per heavy atom. The van der Waals surface area contributed by atoms with Crippen LogP contribution >= 0.6 is 27.7 Å². The summed E-state index contributed by atoms with van der Waals surface area (Å²) >= 11 is 4.63. The first-order valence-corrected chi connectivity index (χ1v) is 7.41. The summed E-state index contributed by atoms with van der Waals surface area (Å²) in [5.74, 6) is -0.349. The van der Waals surface area contributed by atoms with E-state index in [1.54, 1.807) is 19.9 Å². The van der Waals surface area contributed by atoms with Crippen molar-refractivity contribution in [3.63, 3.8) is 0 Å². The molecule has 0 aliphatic carbocycles. The molecule has 4 N–H and O–H groups in total. The lowest BCUT2D eigenvalue weighted by atomic mass is 10.3. The van der Waals surface area contributed by atoms with Crippen molar-refractivity contribution in [1.82, 2.24) is 10.6 Å². The molecular formula is C12H16BrN3O2S. The molecular weight excluding hydrogens is 330 g/mol. The van der Waals surface area contributed by atoms with Crippen LogP contribution in [0.25, 0.3) is 0 Å². The van der Waals surface area contributed by atoms with Gasteiger partial charge >= 0.3 is 6.03 Å². The van der Waals surface area contributed by atoms with Crippen molar-refractivity contribution in [2.75, 3.05) is 12.3 Å². The zero-order valence-electron chi connectivity index (χ0n) is 10.7. The molecule has 0 spiro atoms. The molecule has 1 atom stereocenters. The first kappa shape index (κ1) is 15.8. The van der Waals surface area contributed by atoms with E-state index in [4.69, 9.17) is 5.73 Å². The Morgan fingerprint density at radius 3 is 2.74 bits per heavy atom. The average Bonchev–Trinajstić information content (AvgIpc) is 2.32. The number of benzene rings is 1. The van der Waals surface area contributed by atoms with E-state index >= 15 is 0 Å². The average molecular weight is 346 g/mol. The number of imide groups is 1. The van der Waals surface area contributed by atoms with Gasteiger partial charge in [-0.25, -0.2) is 4.79 Å². The van der Waals surface area contributed by atoms with E-state index in [0.717, 1.165) is 9.37 Å². The van der Waals surface area contributed by atoms with Crippen molar-refractivity contribution in [3.8, 4) is 0 Å². The molecule has 0 aliphatic rings. The summed E-state index contributed by atoms with van der Waals surface area (Å²) < 4.78 is 0.883. The molecule has 0 heterocycles. The lowest BCUT2D eigenvalue weighted by Crippen LogP contribution is -2.42. The van der Waals surface area contributed by atoms with E-state index in [9.17, 15) is 9.59 Å². The Morgan fingerprint density at radius 1 is 1.47 bits per heavy atom. The third-order valence-electron chi connectivity index (χ3n) is 2.22. The van der Waals surface area contributed by atoms with E-state index in [1.165, 1.54) is 11.8 Å². The molecule has 1 unspecified atom stereocenters. The second kappa shape index (κ2) is 7.40. The van der Waals surface area contributed by atoms with Crippen LogP contribution in [-0.4, -0.2) is 23.7 Å². The van der Waals surface area contributed by atoms with Crippen molar-refractivity contribution >= 4 is 45.3 Å². The van der Waals surface area contributed by atoms with Gasteiger partial charge in [0.25, 0.3) is 0 Å². The number of hydrogen-bond acceptors (Lipinski definition) is 4. The van der Waals surface area contributed by atoms with Crippen molar-refractivity contribution in [2.24, 2.45) is 0 Å². The van der Waals surface area contributed by atoms with Crippen LogP contribution in [0.2, 0.25) is 0 Å². The number of hydrogen-bond donors (Lipinski definition) is 3. The molecule has 3 amide bonds. The molecule has 104 valence electrons. The number of urea groups is 1. The highest BCUT2D eigenvalue weighted by Gasteiger charge is 2.17. The van der Waals surface area contributed by atoms with Crippen LogP contribution in [0, 0.1) is 0 Å². The fraction of sp³-hybridized carbons (Fsp3) is 0.333. The third kappa shape index (κ3) is 5.12. The quantitative estimate of drug-likeness (QED) is 0.577. The first-order valence-electron chi connectivity index (χ1n) is 5.74. The molecule has 0 radical (unpaired) electrons. The maximum Gasteiger partial charge on any atom is 0.321 e. The van der Waals surface area contributed by atoms with Crippen molar-refractivity contribution in [3.05, 3.63) is 22.7 Å². The van der Waals surface area contributed by atoms with Gasteiger partial charge in [0.15, 0.2) is 0 Å². The smallest absolute Gasteiger partial charge is 0.321 e. The molecule has 19 heavy (non-hydrogen) atoms. The Hall–Kier alpha value is -1.21. The van der Waals surface area contributed by atoms with Crippen LogP contribution < -0.4 is 16.4 Å². The molecule has 0 aromatic heterocycles. The minimum absolute atomic E-state index is 0.349. The summed E-state index contributed by atoms with van der Waals surface area (Å²) in [4.78, 5) is 23.8. The van der Waals surface area contributed by atoms with Crippen LogP contribution in [-0.2, 0) is 4.79 Å². The second-order valence-corrected chi connectivity index (χ2v) is 6.09. The van der Waals surface area contributed by atoms with Gasteiger partial charge in [-0.05, 0) is 32.0 Å². The number of carbonyl (C=O) groups is 2. The zero-order chi connectivity index (χ0) is 14.4. The van der Waals surface area contributed by atoms with Gasteiger partial charge in [-0.2, -0.15) is 0 Å². The number of rotatable bonds is 4. The predicted octanol–water partition coefficient (Wildman–Crippen LogP) is 2.36. The molecule has 0 aliphatic heterocycles. The zero-order valence-corrected chi connectivity index (χ0v) is 13.1. The van der Waals surface area contributed by atoms with Gasteiger partial charge in [0.2, 0.25) is 5.91 Å². The number of nitrogens with one attached hydrogen (secondary N) is 2. The summed E-state index contributed by atoms with van der Waals surface area (Å²) in [6, 6.07) is 4.98. The molecule has 0 saturated carbocycles. The second-order valence-electron chi connectivity index (χ2n) is 3.79. The minimum Gasteiger partial charge on any atom is -0.398 e. The number of amides is 3. The molecule has 5 nitrogen and oxygen atoms in total. The monoisotopic (exact) mass is 345 g/mol. The van der Waals surface area contributed by atoms with Crippen LogP contribution in [0.15, 0.2) is 27.6 Å². The Labute approximate surface area is 124 Å². The van der Waals surface area contributed by atoms with Crippen LogP contribution in [0.1, 0.15) is 13.8 Å². The van der Waals surface area contributed by atoms with Gasteiger partial charge in [-0.1, -0.05) is 15.9 Å². The van der Waals surface area contributed by atoms with Gasteiger partial charge < -0.3 is 11.1 Å². The number of carbonyl (C=O) groups excluding carboxylic acids is 2. The summed E-state index contributed by atoms with van der Waals surface area (Å²) in [5, 5.41) is 4.36. The Kier molecular flexibility index (Phi) is 6.17.